The summed E-state index contributed by atoms with van der Waals surface area (Å²) >= 11 is 0. The standard InChI is InChI=1S/C20H22FN5O3/c1-12(2)29-15-6-17(20(21)4-5-28-11-20)25-19(7-15)26-16-8-18(24-13(3)27)22-9-14(16)10-23-26/h6-10,12H,4-5,11H2,1-3H3,(H,22,24,27). The number of halogens is 1. The zero-order chi connectivity index (χ0) is 20.6. The summed E-state index contributed by atoms with van der Waals surface area (Å²) in [7, 11) is 0. The van der Waals surface area contributed by atoms with Gasteiger partial charge in [0.1, 0.15) is 11.6 Å². The van der Waals surface area contributed by atoms with Gasteiger partial charge in [0, 0.05) is 43.1 Å². The minimum atomic E-state index is -1.67. The van der Waals surface area contributed by atoms with Crippen molar-refractivity contribution in [2.24, 2.45) is 0 Å². The Kier molecular flexibility index (Phi) is 4.91. The Hall–Kier alpha value is -3.07. The second kappa shape index (κ2) is 7.40. The number of amides is 1. The first kappa shape index (κ1) is 19.3. The van der Waals surface area contributed by atoms with Gasteiger partial charge in [-0.05, 0) is 13.8 Å². The molecule has 29 heavy (non-hydrogen) atoms. The fraction of sp³-hybridized carbons (Fsp3) is 0.400. The van der Waals surface area contributed by atoms with Crippen LogP contribution in [-0.2, 0) is 15.2 Å². The number of nitrogens with one attached hydrogen (secondary N) is 1. The monoisotopic (exact) mass is 399 g/mol. The summed E-state index contributed by atoms with van der Waals surface area (Å²) in [6.45, 7) is 5.52. The van der Waals surface area contributed by atoms with E-state index in [0.29, 0.717) is 29.5 Å². The number of carbonyl (C=O) groups excluding carboxylic acids is 1. The largest absolute Gasteiger partial charge is 0.491 e. The van der Waals surface area contributed by atoms with E-state index in [-0.39, 0.29) is 30.7 Å². The topological polar surface area (TPSA) is 91.2 Å². The van der Waals surface area contributed by atoms with Crippen LogP contribution < -0.4 is 10.1 Å². The summed E-state index contributed by atoms with van der Waals surface area (Å²) < 4.78 is 28.0. The van der Waals surface area contributed by atoms with Crippen LogP contribution in [0.3, 0.4) is 0 Å². The third kappa shape index (κ3) is 3.91. The number of ether oxygens (including phenoxy) is 2. The minimum Gasteiger partial charge on any atom is -0.491 e. The first-order valence-corrected chi connectivity index (χ1v) is 9.42. The van der Waals surface area contributed by atoms with E-state index in [2.05, 4.69) is 20.4 Å². The predicted molar refractivity (Wildman–Crippen MR) is 105 cm³/mol. The lowest BCUT2D eigenvalue weighted by atomic mass is 10.0. The first-order valence-electron chi connectivity index (χ1n) is 9.42. The molecule has 0 saturated carbocycles. The molecule has 4 rings (SSSR count). The molecule has 0 aromatic carbocycles. The average molecular weight is 399 g/mol. The molecule has 0 aliphatic carbocycles. The number of hydrogen-bond acceptors (Lipinski definition) is 6. The van der Waals surface area contributed by atoms with E-state index in [1.165, 1.54) is 6.92 Å². The van der Waals surface area contributed by atoms with Crippen molar-refractivity contribution in [2.75, 3.05) is 18.5 Å². The van der Waals surface area contributed by atoms with E-state index in [4.69, 9.17) is 9.47 Å². The Bertz CT molecular complexity index is 1060. The molecular weight excluding hydrogens is 377 g/mol. The van der Waals surface area contributed by atoms with Crippen LogP contribution >= 0.6 is 0 Å². The molecule has 1 N–H and O–H groups in total. The van der Waals surface area contributed by atoms with Crippen LogP contribution in [0, 0.1) is 0 Å². The molecule has 8 nitrogen and oxygen atoms in total. The highest BCUT2D eigenvalue weighted by Crippen LogP contribution is 2.36. The Morgan fingerprint density at radius 3 is 2.86 bits per heavy atom. The molecule has 0 spiro atoms. The lowest BCUT2D eigenvalue weighted by molar-refractivity contribution is -0.114. The molecule has 1 aliphatic heterocycles. The quantitative estimate of drug-likeness (QED) is 0.709. The Morgan fingerprint density at radius 2 is 2.17 bits per heavy atom. The van der Waals surface area contributed by atoms with Gasteiger partial charge in [-0.1, -0.05) is 0 Å². The van der Waals surface area contributed by atoms with Gasteiger partial charge in [-0.3, -0.25) is 4.79 Å². The van der Waals surface area contributed by atoms with E-state index in [0.717, 1.165) is 5.39 Å². The number of alkyl halides is 1. The van der Waals surface area contributed by atoms with E-state index in [9.17, 15) is 4.79 Å². The van der Waals surface area contributed by atoms with Crippen molar-refractivity contribution < 1.29 is 18.7 Å². The van der Waals surface area contributed by atoms with Gasteiger partial charge in [0.05, 0.1) is 36.7 Å². The summed E-state index contributed by atoms with van der Waals surface area (Å²) in [5, 5.41) is 7.80. The van der Waals surface area contributed by atoms with Gasteiger partial charge in [-0.25, -0.2) is 19.0 Å². The Labute approximate surface area is 167 Å². The molecule has 9 heteroatoms. The third-order valence-electron chi connectivity index (χ3n) is 4.56. The number of carbonyl (C=O) groups is 1. The molecule has 4 heterocycles. The van der Waals surface area contributed by atoms with E-state index in [1.807, 2.05) is 13.8 Å². The maximum atomic E-state index is 15.4. The maximum absolute atomic E-state index is 15.4. The molecule has 1 unspecified atom stereocenters. The molecule has 3 aromatic heterocycles. The zero-order valence-corrected chi connectivity index (χ0v) is 16.5. The van der Waals surface area contributed by atoms with Gasteiger partial charge in [0.25, 0.3) is 0 Å². The molecule has 1 saturated heterocycles. The first-order chi connectivity index (χ1) is 13.8. The summed E-state index contributed by atoms with van der Waals surface area (Å²) in [6.07, 6.45) is 3.40. The SMILES string of the molecule is CC(=O)Nc1cc2c(cn1)cnn2-c1cc(OC(C)C)cc(C2(F)CCOC2)n1. The highest BCUT2D eigenvalue weighted by molar-refractivity contribution is 5.90. The van der Waals surface area contributed by atoms with Crippen molar-refractivity contribution >= 4 is 22.6 Å². The van der Waals surface area contributed by atoms with Gasteiger partial charge >= 0.3 is 0 Å². The lowest BCUT2D eigenvalue weighted by Crippen LogP contribution is -2.23. The number of rotatable bonds is 5. The average Bonchev–Trinajstić information content (AvgIpc) is 3.27. The number of pyridine rings is 2. The number of nitrogens with zero attached hydrogens (tertiary/aromatic N) is 4. The molecule has 0 bridgehead atoms. The number of fused-ring (bicyclic) bond motifs is 1. The second-order valence-corrected chi connectivity index (χ2v) is 7.35. The Balaban J connectivity index is 1.84. The minimum absolute atomic E-state index is 0.0406. The van der Waals surface area contributed by atoms with Crippen LogP contribution in [0.4, 0.5) is 10.2 Å². The van der Waals surface area contributed by atoms with Crippen LogP contribution in [0.5, 0.6) is 5.75 Å². The van der Waals surface area contributed by atoms with E-state index < -0.39 is 5.67 Å². The van der Waals surface area contributed by atoms with Crippen molar-refractivity contribution in [3.63, 3.8) is 0 Å². The third-order valence-corrected chi connectivity index (χ3v) is 4.56. The van der Waals surface area contributed by atoms with Crippen LogP contribution in [0.25, 0.3) is 16.7 Å². The van der Waals surface area contributed by atoms with Crippen LogP contribution in [0.1, 0.15) is 32.9 Å². The van der Waals surface area contributed by atoms with Gasteiger partial charge in [-0.2, -0.15) is 5.10 Å². The molecule has 3 aromatic rings. The van der Waals surface area contributed by atoms with Crippen molar-refractivity contribution in [2.45, 2.75) is 39.0 Å². The van der Waals surface area contributed by atoms with E-state index >= 15 is 4.39 Å². The summed E-state index contributed by atoms with van der Waals surface area (Å²) in [5.41, 5.74) is -0.737. The predicted octanol–water partition coefficient (Wildman–Crippen LogP) is 3.15. The smallest absolute Gasteiger partial charge is 0.222 e. The van der Waals surface area contributed by atoms with Gasteiger partial charge in [0.15, 0.2) is 11.5 Å². The number of anilines is 1. The van der Waals surface area contributed by atoms with Gasteiger partial charge in [-0.15, -0.1) is 0 Å². The van der Waals surface area contributed by atoms with Gasteiger partial charge < -0.3 is 14.8 Å². The summed E-state index contributed by atoms with van der Waals surface area (Å²) in [6, 6.07) is 5.03. The van der Waals surface area contributed by atoms with Crippen molar-refractivity contribution in [3.05, 3.63) is 36.3 Å². The number of aromatic nitrogens is 4. The van der Waals surface area contributed by atoms with Crippen LogP contribution in [0.15, 0.2) is 30.6 Å². The van der Waals surface area contributed by atoms with Crippen molar-refractivity contribution in [1.29, 1.82) is 0 Å². The Morgan fingerprint density at radius 1 is 1.34 bits per heavy atom. The molecule has 1 amide bonds. The second-order valence-electron chi connectivity index (χ2n) is 7.35. The molecule has 152 valence electrons. The van der Waals surface area contributed by atoms with Crippen LogP contribution in [-0.4, -0.2) is 45.0 Å². The normalized spacial score (nSPS) is 19.1. The molecule has 0 radical (unpaired) electrons. The lowest BCUT2D eigenvalue weighted by Gasteiger charge is -2.20. The zero-order valence-electron chi connectivity index (χ0n) is 16.5. The summed E-state index contributed by atoms with van der Waals surface area (Å²) in [5.74, 6) is 1.09. The molecule has 1 aliphatic rings. The maximum Gasteiger partial charge on any atom is 0.222 e. The molecule has 1 fully saturated rings. The highest BCUT2D eigenvalue weighted by Gasteiger charge is 2.39. The van der Waals surface area contributed by atoms with Crippen LogP contribution in [0.2, 0.25) is 0 Å². The van der Waals surface area contributed by atoms with Crippen molar-refractivity contribution in [1.82, 2.24) is 19.7 Å². The van der Waals surface area contributed by atoms with E-state index in [1.54, 1.807) is 35.3 Å². The van der Waals surface area contributed by atoms with Gasteiger partial charge in [0.2, 0.25) is 5.91 Å². The molecule has 1 atom stereocenters. The number of hydrogen-bond donors (Lipinski definition) is 1. The highest BCUT2D eigenvalue weighted by atomic mass is 19.1. The van der Waals surface area contributed by atoms with Crippen molar-refractivity contribution in [3.8, 4) is 11.6 Å². The fourth-order valence-electron chi connectivity index (χ4n) is 3.26. The molecular formula is C20H22FN5O3. The fourth-order valence-corrected chi connectivity index (χ4v) is 3.26. The summed E-state index contributed by atoms with van der Waals surface area (Å²) in [4.78, 5) is 20.1.